The van der Waals surface area contributed by atoms with E-state index in [-0.39, 0.29) is 42.3 Å². The fraction of sp³-hybridized carbons (Fsp3) is 0.400. The molecule has 208 valence electrons. The van der Waals surface area contributed by atoms with E-state index in [0.717, 1.165) is 35.2 Å². The molecule has 0 unspecified atom stereocenters. The van der Waals surface area contributed by atoms with Crippen LogP contribution in [-0.4, -0.2) is 55.4 Å². The molecule has 2 aliphatic heterocycles. The lowest BCUT2D eigenvalue weighted by Gasteiger charge is -2.42. The molecule has 9 heteroatoms. The van der Waals surface area contributed by atoms with Crippen LogP contribution in [0, 0.1) is 5.92 Å². The number of β-amino-alcohol motifs (C(OH)–C–C–N with tert-alkyl or cyclic N) is 1. The van der Waals surface area contributed by atoms with Crippen molar-refractivity contribution in [2.45, 2.75) is 56.0 Å². The van der Waals surface area contributed by atoms with E-state index in [2.05, 4.69) is 16.5 Å². The number of sulfonamides is 1. The molecule has 0 aliphatic carbocycles. The molecule has 5 rings (SSSR count). The Morgan fingerprint density at radius 2 is 1.59 bits per heavy atom. The number of ether oxygens (including phenoxy) is 2. The SMILES string of the molecule is C[C@H]1[C@@H](CN2CC[C@H](O)C2)O[C@@H](c2ccc(CNS(=O)(=O)c3ccccc3)cc2)O[C@H]1c1ccc(CO)cc1. The Morgan fingerprint density at radius 3 is 2.23 bits per heavy atom. The highest BCUT2D eigenvalue weighted by atomic mass is 32.2. The van der Waals surface area contributed by atoms with Gasteiger partial charge in [0, 0.05) is 37.7 Å². The quantitative estimate of drug-likeness (QED) is 0.373. The monoisotopic (exact) mass is 552 g/mol. The second-order valence-electron chi connectivity index (χ2n) is 10.4. The van der Waals surface area contributed by atoms with Crippen LogP contribution in [-0.2, 0) is 32.6 Å². The van der Waals surface area contributed by atoms with Gasteiger partial charge in [0.25, 0.3) is 0 Å². The fourth-order valence-electron chi connectivity index (χ4n) is 5.21. The summed E-state index contributed by atoms with van der Waals surface area (Å²) >= 11 is 0. The van der Waals surface area contributed by atoms with Crippen LogP contribution in [0.1, 0.15) is 48.0 Å². The number of hydrogen-bond acceptors (Lipinski definition) is 7. The van der Waals surface area contributed by atoms with Crippen molar-refractivity contribution in [2.24, 2.45) is 5.92 Å². The molecule has 0 spiro atoms. The fourth-order valence-corrected chi connectivity index (χ4v) is 6.25. The summed E-state index contributed by atoms with van der Waals surface area (Å²) in [5.74, 6) is 0.0608. The van der Waals surface area contributed by atoms with Crippen LogP contribution in [0.3, 0.4) is 0 Å². The molecule has 2 saturated heterocycles. The van der Waals surface area contributed by atoms with Crippen molar-refractivity contribution in [1.29, 1.82) is 0 Å². The summed E-state index contributed by atoms with van der Waals surface area (Å²) < 4.78 is 40.8. The number of nitrogens with zero attached hydrogens (tertiary/aromatic N) is 1. The van der Waals surface area contributed by atoms with Crippen LogP contribution < -0.4 is 4.72 Å². The highest BCUT2D eigenvalue weighted by Crippen LogP contribution is 2.42. The second-order valence-corrected chi connectivity index (χ2v) is 12.2. The van der Waals surface area contributed by atoms with Crippen LogP contribution in [0.15, 0.2) is 83.8 Å². The molecule has 2 fully saturated rings. The molecule has 39 heavy (non-hydrogen) atoms. The first kappa shape index (κ1) is 27.9. The highest BCUT2D eigenvalue weighted by Gasteiger charge is 2.39. The van der Waals surface area contributed by atoms with E-state index >= 15 is 0 Å². The van der Waals surface area contributed by atoms with E-state index < -0.39 is 16.3 Å². The average molecular weight is 553 g/mol. The van der Waals surface area contributed by atoms with Crippen molar-refractivity contribution in [3.63, 3.8) is 0 Å². The minimum Gasteiger partial charge on any atom is -0.392 e. The van der Waals surface area contributed by atoms with Crippen molar-refractivity contribution in [2.75, 3.05) is 19.6 Å². The van der Waals surface area contributed by atoms with Crippen molar-refractivity contribution >= 4 is 10.0 Å². The molecule has 0 aromatic heterocycles. The maximum atomic E-state index is 12.6. The topological polar surface area (TPSA) is 108 Å². The summed E-state index contributed by atoms with van der Waals surface area (Å²) in [6, 6.07) is 23.7. The lowest BCUT2D eigenvalue weighted by molar-refractivity contribution is -0.276. The summed E-state index contributed by atoms with van der Waals surface area (Å²) in [6.07, 6.45) is -0.469. The number of benzene rings is 3. The summed E-state index contributed by atoms with van der Waals surface area (Å²) in [6.45, 7) is 4.45. The molecule has 0 saturated carbocycles. The summed E-state index contributed by atoms with van der Waals surface area (Å²) in [4.78, 5) is 2.47. The van der Waals surface area contributed by atoms with E-state index in [9.17, 15) is 18.6 Å². The Morgan fingerprint density at radius 1 is 0.923 bits per heavy atom. The molecular formula is C30H36N2O6S. The number of rotatable bonds is 9. The Hall–Kier alpha value is -2.63. The van der Waals surface area contributed by atoms with Crippen molar-refractivity contribution < 1.29 is 28.1 Å². The maximum Gasteiger partial charge on any atom is 0.240 e. The standard InChI is InChI=1S/C30H36N2O6S/c1-21-28(19-32-16-15-26(34)18-32)37-30(38-29(21)24-11-9-23(20-33)10-12-24)25-13-7-22(8-14-25)17-31-39(35,36)27-5-3-2-4-6-27/h2-14,21,26,28-31,33-34H,15-20H2,1H3/t21-,26-,28+,29+,30+/m0/s1. The first-order valence-electron chi connectivity index (χ1n) is 13.4. The molecule has 3 aromatic carbocycles. The van der Waals surface area contributed by atoms with E-state index in [1.807, 2.05) is 48.5 Å². The van der Waals surface area contributed by atoms with Gasteiger partial charge in [-0.05, 0) is 35.2 Å². The van der Waals surface area contributed by atoms with E-state index in [4.69, 9.17) is 9.47 Å². The van der Waals surface area contributed by atoms with Gasteiger partial charge in [-0.3, -0.25) is 4.90 Å². The molecule has 2 aliphatic rings. The third kappa shape index (κ3) is 6.75. The zero-order valence-electron chi connectivity index (χ0n) is 22.0. The van der Waals surface area contributed by atoms with Gasteiger partial charge in [0.15, 0.2) is 6.29 Å². The second kappa shape index (κ2) is 12.3. The first-order valence-corrected chi connectivity index (χ1v) is 14.9. The van der Waals surface area contributed by atoms with Crippen molar-refractivity contribution in [3.8, 4) is 0 Å². The molecule has 5 atom stereocenters. The Labute approximate surface area is 230 Å². The lowest BCUT2D eigenvalue weighted by atomic mass is 9.90. The van der Waals surface area contributed by atoms with Gasteiger partial charge in [-0.25, -0.2) is 13.1 Å². The van der Waals surface area contributed by atoms with Gasteiger partial charge >= 0.3 is 0 Å². The van der Waals surface area contributed by atoms with Gasteiger partial charge in [0.2, 0.25) is 10.0 Å². The predicted molar refractivity (Wildman–Crippen MR) is 147 cm³/mol. The predicted octanol–water partition coefficient (Wildman–Crippen LogP) is 3.52. The van der Waals surface area contributed by atoms with Crippen LogP contribution in [0.25, 0.3) is 0 Å². The molecular weight excluding hydrogens is 516 g/mol. The number of nitrogens with one attached hydrogen (secondary N) is 1. The smallest absolute Gasteiger partial charge is 0.240 e. The molecule has 0 amide bonds. The van der Waals surface area contributed by atoms with Gasteiger partial charge in [-0.1, -0.05) is 73.7 Å². The lowest BCUT2D eigenvalue weighted by Crippen LogP contribution is -2.44. The Balaban J connectivity index is 1.31. The highest BCUT2D eigenvalue weighted by molar-refractivity contribution is 7.89. The third-order valence-electron chi connectivity index (χ3n) is 7.58. The number of aliphatic hydroxyl groups is 2. The van der Waals surface area contributed by atoms with E-state index in [0.29, 0.717) is 13.1 Å². The summed E-state index contributed by atoms with van der Waals surface area (Å²) in [7, 11) is -3.60. The van der Waals surface area contributed by atoms with Gasteiger partial charge in [0.05, 0.1) is 29.8 Å². The van der Waals surface area contributed by atoms with Crippen LogP contribution in [0.4, 0.5) is 0 Å². The molecule has 2 heterocycles. The van der Waals surface area contributed by atoms with Gasteiger partial charge in [-0.15, -0.1) is 0 Å². The largest absolute Gasteiger partial charge is 0.392 e. The van der Waals surface area contributed by atoms with Crippen molar-refractivity contribution in [1.82, 2.24) is 9.62 Å². The normalized spacial score (nSPS) is 26.1. The summed E-state index contributed by atoms with van der Waals surface area (Å²) in [5, 5.41) is 19.5. The third-order valence-corrected chi connectivity index (χ3v) is 9.00. The van der Waals surface area contributed by atoms with Crippen LogP contribution >= 0.6 is 0 Å². The maximum absolute atomic E-state index is 12.6. The molecule has 0 radical (unpaired) electrons. The average Bonchev–Trinajstić information content (AvgIpc) is 3.38. The molecule has 3 aromatic rings. The Bertz CT molecular complexity index is 1320. The van der Waals surface area contributed by atoms with Crippen LogP contribution in [0.5, 0.6) is 0 Å². The number of likely N-dealkylation sites (tertiary alicyclic amines) is 1. The van der Waals surface area contributed by atoms with E-state index in [1.54, 1.807) is 30.3 Å². The zero-order valence-corrected chi connectivity index (χ0v) is 22.8. The zero-order chi connectivity index (χ0) is 27.4. The first-order chi connectivity index (χ1) is 18.8. The molecule has 3 N–H and O–H groups in total. The van der Waals surface area contributed by atoms with Gasteiger partial charge in [-0.2, -0.15) is 0 Å². The minimum atomic E-state index is -3.60. The molecule has 8 nitrogen and oxygen atoms in total. The number of hydrogen-bond donors (Lipinski definition) is 3. The number of aliphatic hydroxyl groups excluding tert-OH is 2. The minimum absolute atomic E-state index is 0.0130. The van der Waals surface area contributed by atoms with E-state index in [1.165, 1.54) is 0 Å². The summed E-state index contributed by atoms with van der Waals surface area (Å²) in [5.41, 5.74) is 3.53. The van der Waals surface area contributed by atoms with Gasteiger partial charge in [0.1, 0.15) is 0 Å². The van der Waals surface area contributed by atoms with Crippen molar-refractivity contribution in [3.05, 3.63) is 101 Å². The van der Waals surface area contributed by atoms with Crippen LogP contribution in [0.2, 0.25) is 0 Å². The van der Waals surface area contributed by atoms with Gasteiger partial charge < -0.3 is 19.7 Å². The Kier molecular flexibility index (Phi) is 8.78. The molecule has 0 bridgehead atoms.